The van der Waals surface area contributed by atoms with Crippen LogP contribution < -0.4 is 9.47 Å². The number of imidazole rings is 2. The van der Waals surface area contributed by atoms with Gasteiger partial charge in [-0.2, -0.15) is 26.3 Å². The zero-order valence-corrected chi connectivity index (χ0v) is 45.0. The van der Waals surface area contributed by atoms with E-state index in [2.05, 4.69) is 59.2 Å². The van der Waals surface area contributed by atoms with Crippen LogP contribution in [0.3, 0.4) is 0 Å². The lowest BCUT2D eigenvalue weighted by Crippen LogP contribution is -2.24. The largest absolute Gasteiger partial charge is 0.492 e. The molecule has 4 heterocycles. The highest BCUT2D eigenvalue weighted by Crippen LogP contribution is 2.47. The summed E-state index contributed by atoms with van der Waals surface area (Å²) in [5.41, 5.74) is 0.503. The summed E-state index contributed by atoms with van der Waals surface area (Å²) in [7, 11) is -1.27. The van der Waals surface area contributed by atoms with E-state index in [-0.39, 0.29) is 44.3 Å². The van der Waals surface area contributed by atoms with Crippen molar-refractivity contribution in [1.29, 1.82) is 0 Å². The highest BCUT2D eigenvalue weighted by Gasteiger charge is 2.52. The summed E-state index contributed by atoms with van der Waals surface area (Å²) in [4.78, 5) is 39.7. The Bertz CT molecular complexity index is 2870. The van der Waals surface area contributed by atoms with Crippen LogP contribution in [-0.4, -0.2) is 95.8 Å². The third kappa shape index (κ3) is 15.4. The Morgan fingerprint density at radius 2 is 0.960 bits per heavy atom. The summed E-state index contributed by atoms with van der Waals surface area (Å²) >= 11 is 0. The summed E-state index contributed by atoms with van der Waals surface area (Å²) < 4.78 is 111. The van der Waals surface area contributed by atoms with E-state index in [1.54, 1.807) is 60.7 Å². The van der Waals surface area contributed by atoms with Crippen molar-refractivity contribution in [3.05, 3.63) is 109 Å². The first-order valence-corrected chi connectivity index (χ1v) is 31.8. The van der Waals surface area contributed by atoms with E-state index in [4.69, 9.17) is 23.7 Å². The number of carbonyl (C=O) groups excluding carboxylic acids is 1. The molecule has 22 heteroatoms. The number of methoxy groups -OCH3 is 1. The molecule has 8 rings (SSSR count). The number of alkyl halides is 6. The fourth-order valence-electron chi connectivity index (χ4n) is 7.47. The quantitative estimate of drug-likeness (QED) is 0.0297. The average molecular weight is 1080 g/mol. The zero-order chi connectivity index (χ0) is 54.4. The Morgan fingerprint density at radius 3 is 1.27 bits per heavy atom. The molecule has 2 aliphatic carbocycles. The Hall–Kier alpha value is -6.37. The van der Waals surface area contributed by atoms with Crippen molar-refractivity contribution >= 4 is 28.1 Å². The van der Waals surface area contributed by atoms with Crippen LogP contribution in [-0.2, 0) is 49.6 Å². The number of pyridine rings is 2. The molecule has 0 aliphatic heterocycles. The summed E-state index contributed by atoms with van der Waals surface area (Å²) in [5.74, 6) is 0.373. The first-order valence-electron chi connectivity index (χ1n) is 24.4. The van der Waals surface area contributed by atoms with Crippen molar-refractivity contribution in [3.8, 4) is 56.8 Å². The van der Waals surface area contributed by atoms with Crippen molar-refractivity contribution in [2.24, 2.45) is 10.8 Å². The molecule has 2 aliphatic rings. The number of carbonyl (C=O) groups is 2. The molecule has 0 radical (unpaired) electrons. The highest BCUT2D eigenvalue weighted by molar-refractivity contribution is 6.76. The number of benzene rings is 2. The lowest BCUT2D eigenvalue weighted by Gasteiger charge is -2.16. The second kappa shape index (κ2) is 22.9. The molecule has 402 valence electrons. The summed E-state index contributed by atoms with van der Waals surface area (Å²) in [6.07, 6.45) is -1.46. The predicted octanol–water partition coefficient (Wildman–Crippen LogP) is 12.5. The maximum absolute atomic E-state index is 13.4. The van der Waals surface area contributed by atoms with Crippen LogP contribution in [0.15, 0.2) is 97.6 Å². The minimum Gasteiger partial charge on any atom is -0.492 e. The second-order valence-electron chi connectivity index (χ2n) is 21.4. The first-order chi connectivity index (χ1) is 35.3. The van der Waals surface area contributed by atoms with Crippen LogP contribution >= 0.6 is 0 Å². The van der Waals surface area contributed by atoms with Gasteiger partial charge in [-0.05, 0) is 111 Å². The summed E-state index contributed by atoms with van der Waals surface area (Å²) in [5, 5.41) is 9.27. The molecule has 2 aromatic carbocycles. The van der Waals surface area contributed by atoms with Gasteiger partial charge in [-0.3, -0.25) is 19.6 Å². The summed E-state index contributed by atoms with van der Waals surface area (Å²) in [6, 6.07) is 23.0. The van der Waals surface area contributed by atoms with Gasteiger partial charge in [0.25, 0.3) is 0 Å². The number of carboxylic acid groups (broad SMARTS) is 1. The molecule has 75 heavy (non-hydrogen) atoms. The zero-order valence-electron chi connectivity index (χ0n) is 43.0. The molecule has 2 fully saturated rings. The number of halogens is 6. The minimum atomic E-state index is -4.57. The Balaban J connectivity index is 0.000000219. The van der Waals surface area contributed by atoms with Gasteiger partial charge in [-0.25, -0.2) is 9.97 Å². The Morgan fingerprint density at radius 1 is 0.587 bits per heavy atom. The first kappa shape index (κ1) is 56.4. The van der Waals surface area contributed by atoms with Crippen molar-refractivity contribution < 1.29 is 64.7 Å². The fourth-order valence-corrected chi connectivity index (χ4v) is 8.98. The van der Waals surface area contributed by atoms with E-state index >= 15 is 0 Å². The van der Waals surface area contributed by atoms with Crippen molar-refractivity contribution in [1.82, 2.24) is 29.1 Å². The van der Waals surface area contributed by atoms with Gasteiger partial charge in [0.1, 0.15) is 60.7 Å². The topological polar surface area (TPSA) is 162 Å². The number of hydrogen-bond acceptors (Lipinski definition) is 11. The molecule has 0 saturated heterocycles. The van der Waals surface area contributed by atoms with E-state index in [0.29, 0.717) is 60.1 Å². The molecule has 0 spiro atoms. The van der Waals surface area contributed by atoms with Gasteiger partial charge in [0.15, 0.2) is 11.4 Å². The lowest BCUT2D eigenvalue weighted by molar-refractivity contribution is -0.148. The maximum Gasteiger partial charge on any atom is 0.434 e. The van der Waals surface area contributed by atoms with E-state index < -0.39 is 56.7 Å². The van der Waals surface area contributed by atoms with Crippen LogP contribution in [0.25, 0.3) is 45.3 Å². The molecular weight excluding hydrogens is 1020 g/mol. The number of ether oxygens (including phenoxy) is 5. The number of carboxylic acids is 1. The van der Waals surface area contributed by atoms with Gasteiger partial charge in [0, 0.05) is 76.4 Å². The molecule has 14 nitrogen and oxygen atoms in total. The van der Waals surface area contributed by atoms with Crippen molar-refractivity contribution in [2.45, 2.75) is 103 Å². The highest BCUT2D eigenvalue weighted by atomic mass is 28.3. The van der Waals surface area contributed by atoms with Crippen molar-refractivity contribution in [3.63, 3.8) is 0 Å². The second-order valence-corrected chi connectivity index (χ2v) is 32.6. The number of aromatic nitrogens is 6. The van der Waals surface area contributed by atoms with Gasteiger partial charge in [-0.15, -0.1) is 0 Å². The molecule has 4 aromatic heterocycles. The van der Waals surface area contributed by atoms with Gasteiger partial charge in [-0.1, -0.05) is 39.3 Å². The standard InChI is InChI=1S/C27H32F3N3O4Si.C26H30F3N3O4Si/c1-35-25(34)26(11-12-26)17-37-21-8-5-19(6-9-21)22-10-7-20(15-31-22)24-32-23(27(28,29)30)16-33(24)18-36-13-14-38(2,3)4;1-37(2,3)13-12-35-17-32-15-22(26(27,28)29)31-23(32)19-6-9-21(30-14-19)18-4-7-20(8-5-18)36-16-25(10-11-25)24(33)34/h5-10,15-16H,11-14,17-18H2,1-4H3;4-9,14-15H,10-13,16-17H2,1-3H3,(H,33,34). The smallest absolute Gasteiger partial charge is 0.434 e. The van der Waals surface area contributed by atoms with E-state index in [0.717, 1.165) is 48.5 Å². The number of rotatable bonds is 22. The van der Waals surface area contributed by atoms with Crippen LogP contribution in [0.2, 0.25) is 51.4 Å². The minimum absolute atomic E-state index is 0.0244. The van der Waals surface area contributed by atoms with E-state index in [1.165, 1.54) is 28.6 Å². The number of nitrogens with zero attached hydrogens (tertiary/aromatic N) is 6. The van der Waals surface area contributed by atoms with Crippen LogP contribution in [0.1, 0.15) is 37.1 Å². The fraction of sp³-hybridized carbons (Fsp3) is 0.434. The van der Waals surface area contributed by atoms with E-state index in [1.807, 2.05) is 12.1 Å². The van der Waals surface area contributed by atoms with Gasteiger partial charge in [0.05, 0.1) is 18.5 Å². The molecule has 0 bridgehead atoms. The molecular formula is C53H62F6N6O8Si2. The van der Waals surface area contributed by atoms with Crippen LogP contribution in [0.5, 0.6) is 11.5 Å². The van der Waals surface area contributed by atoms with Crippen LogP contribution in [0.4, 0.5) is 26.3 Å². The van der Waals surface area contributed by atoms with Gasteiger partial charge >= 0.3 is 24.3 Å². The van der Waals surface area contributed by atoms with Gasteiger partial charge in [0.2, 0.25) is 0 Å². The molecule has 2 saturated carbocycles. The van der Waals surface area contributed by atoms with E-state index in [9.17, 15) is 41.0 Å². The molecule has 0 atom stereocenters. The number of aliphatic carboxylic acids is 1. The molecule has 6 aromatic rings. The Kier molecular flexibility index (Phi) is 17.2. The molecule has 0 unspecified atom stereocenters. The SMILES string of the molecule is COC(=O)C1(COc2ccc(-c3ccc(-c4nc(C(F)(F)F)cn4COCC[Si](C)(C)C)cn3)cc2)CC1.C[Si](C)(C)CCOCn1cc(C(F)(F)F)nc1-c1ccc(-c2ccc(OCC3(C(=O)O)CC3)cc2)nc1. The molecule has 1 N–H and O–H groups in total. The Labute approximate surface area is 433 Å². The average Bonchev–Trinajstić information content (AvgIpc) is 4.25. The van der Waals surface area contributed by atoms with Crippen molar-refractivity contribution in [2.75, 3.05) is 33.5 Å². The summed E-state index contributed by atoms with van der Waals surface area (Å²) in [6.45, 7) is 14.5. The number of hydrogen-bond donors (Lipinski definition) is 1. The maximum atomic E-state index is 13.4. The number of esters is 1. The monoisotopic (exact) mass is 1080 g/mol. The predicted molar refractivity (Wildman–Crippen MR) is 274 cm³/mol. The third-order valence-electron chi connectivity index (χ3n) is 12.7. The van der Waals surface area contributed by atoms with Gasteiger partial charge < -0.3 is 37.9 Å². The molecule has 0 amide bonds. The lowest BCUT2D eigenvalue weighted by atomic mass is 10.1. The normalized spacial score (nSPS) is 14.9. The third-order valence-corrected chi connectivity index (χ3v) is 16.1. The van der Waals surface area contributed by atoms with Crippen LogP contribution in [0, 0.1) is 10.8 Å².